The molecule has 2 amide bonds. The molecule has 0 heterocycles. The largest absolute Gasteiger partial charge is 0.478 e. The van der Waals surface area contributed by atoms with E-state index < -0.39 is 5.97 Å². The molecule has 0 aromatic heterocycles. The number of nitrogens with one attached hydrogen (secondary N) is 2. The fraction of sp³-hybridized carbons (Fsp3) is 0.385. The Labute approximate surface area is 125 Å². The lowest BCUT2D eigenvalue weighted by Gasteiger charge is -2.08. The van der Waals surface area contributed by atoms with E-state index in [4.69, 9.17) is 9.84 Å². The van der Waals surface area contributed by atoms with E-state index in [0.29, 0.717) is 23.3 Å². The van der Waals surface area contributed by atoms with E-state index in [1.807, 2.05) is 0 Å². The number of urea groups is 1. The Balaban J connectivity index is 2.47. The van der Waals surface area contributed by atoms with E-state index in [-0.39, 0.29) is 11.6 Å². The first kappa shape index (κ1) is 16.5. The summed E-state index contributed by atoms with van der Waals surface area (Å²) >= 11 is 3.20. The summed E-state index contributed by atoms with van der Waals surface area (Å²) in [7, 11) is 1.63. The van der Waals surface area contributed by atoms with Crippen molar-refractivity contribution in [1.82, 2.24) is 5.32 Å². The topological polar surface area (TPSA) is 87.7 Å². The summed E-state index contributed by atoms with van der Waals surface area (Å²) < 4.78 is 5.49. The van der Waals surface area contributed by atoms with Crippen LogP contribution >= 0.6 is 15.9 Å². The van der Waals surface area contributed by atoms with E-state index in [1.165, 1.54) is 12.1 Å². The first-order valence-corrected chi connectivity index (χ1v) is 6.90. The highest BCUT2D eigenvalue weighted by molar-refractivity contribution is 9.10. The number of aromatic carboxylic acids is 1. The molecule has 3 N–H and O–H groups in total. The molecule has 0 atom stereocenters. The summed E-state index contributed by atoms with van der Waals surface area (Å²) in [6, 6.07) is 4.14. The number of rotatable bonds is 7. The molecule has 0 saturated carbocycles. The van der Waals surface area contributed by atoms with Crippen LogP contribution in [-0.2, 0) is 4.74 Å². The van der Waals surface area contributed by atoms with Gasteiger partial charge in [0.1, 0.15) is 0 Å². The Morgan fingerprint density at radius 3 is 2.70 bits per heavy atom. The fourth-order valence-corrected chi connectivity index (χ4v) is 2.03. The molecule has 0 radical (unpaired) electrons. The number of hydrogen-bond donors (Lipinski definition) is 3. The summed E-state index contributed by atoms with van der Waals surface area (Å²) in [4.78, 5) is 22.5. The van der Waals surface area contributed by atoms with Crippen LogP contribution in [0, 0.1) is 0 Å². The predicted molar refractivity (Wildman–Crippen MR) is 79.2 cm³/mol. The lowest BCUT2D eigenvalue weighted by molar-refractivity contribution is 0.0697. The van der Waals surface area contributed by atoms with Crippen molar-refractivity contribution in [2.45, 2.75) is 12.8 Å². The molecule has 6 nitrogen and oxygen atoms in total. The lowest BCUT2D eigenvalue weighted by Crippen LogP contribution is -2.29. The molecule has 0 aliphatic heterocycles. The third-order valence-electron chi connectivity index (χ3n) is 2.46. The predicted octanol–water partition coefficient (Wildman–Crippen LogP) is 2.70. The molecule has 0 aliphatic carbocycles. The van der Waals surface area contributed by atoms with Crippen molar-refractivity contribution in [2.75, 3.05) is 25.6 Å². The lowest BCUT2D eigenvalue weighted by atomic mass is 10.2. The summed E-state index contributed by atoms with van der Waals surface area (Å²) in [6.07, 6.45) is 1.69. The van der Waals surface area contributed by atoms with E-state index in [2.05, 4.69) is 26.6 Å². The summed E-state index contributed by atoms with van der Waals surface area (Å²) in [5.41, 5.74) is 0.529. The van der Waals surface area contributed by atoms with Crippen molar-refractivity contribution >= 4 is 33.6 Å². The number of amides is 2. The van der Waals surface area contributed by atoms with Gasteiger partial charge in [-0.25, -0.2) is 9.59 Å². The zero-order valence-corrected chi connectivity index (χ0v) is 12.7. The third kappa shape index (κ3) is 6.03. The molecule has 1 rings (SSSR count). The first-order valence-electron chi connectivity index (χ1n) is 6.10. The van der Waals surface area contributed by atoms with Gasteiger partial charge in [-0.15, -0.1) is 0 Å². The number of carbonyl (C=O) groups excluding carboxylic acids is 1. The minimum absolute atomic E-state index is 0.106. The molecule has 1 aromatic carbocycles. The van der Waals surface area contributed by atoms with Crippen molar-refractivity contribution in [2.24, 2.45) is 0 Å². The number of anilines is 1. The number of benzene rings is 1. The number of carbonyl (C=O) groups is 2. The van der Waals surface area contributed by atoms with Crippen LogP contribution in [0.2, 0.25) is 0 Å². The van der Waals surface area contributed by atoms with Crippen LogP contribution in [0.25, 0.3) is 0 Å². The Hall–Kier alpha value is -1.60. The number of halogens is 1. The second-order valence-electron chi connectivity index (χ2n) is 4.11. The molecule has 0 spiro atoms. The van der Waals surface area contributed by atoms with Gasteiger partial charge in [-0.1, -0.05) is 15.9 Å². The van der Waals surface area contributed by atoms with Crippen LogP contribution in [0.4, 0.5) is 10.5 Å². The number of carboxylic acids is 1. The minimum atomic E-state index is -1.05. The van der Waals surface area contributed by atoms with Crippen LogP contribution < -0.4 is 10.6 Å². The SMILES string of the molecule is COCCCCNC(=O)Nc1cc(Br)cc(C(=O)O)c1. The van der Waals surface area contributed by atoms with Gasteiger partial charge >= 0.3 is 12.0 Å². The molecule has 0 fully saturated rings. The van der Waals surface area contributed by atoms with Crippen LogP contribution in [0.5, 0.6) is 0 Å². The monoisotopic (exact) mass is 344 g/mol. The van der Waals surface area contributed by atoms with Gasteiger partial charge in [-0.2, -0.15) is 0 Å². The molecule has 20 heavy (non-hydrogen) atoms. The Bertz CT molecular complexity index is 479. The van der Waals surface area contributed by atoms with Gasteiger partial charge < -0.3 is 20.5 Å². The molecule has 1 aromatic rings. The molecule has 0 aliphatic rings. The summed E-state index contributed by atoms with van der Waals surface area (Å²) in [5.74, 6) is -1.05. The Kier molecular flexibility index (Phi) is 7.03. The highest BCUT2D eigenvalue weighted by Gasteiger charge is 2.08. The number of hydrogen-bond acceptors (Lipinski definition) is 3. The highest BCUT2D eigenvalue weighted by Crippen LogP contribution is 2.19. The maximum atomic E-state index is 11.6. The van der Waals surface area contributed by atoms with Crippen molar-refractivity contribution in [3.05, 3.63) is 28.2 Å². The molecular weight excluding hydrogens is 328 g/mol. The summed E-state index contributed by atoms with van der Waals surface area (Å²) in [6.45, 7) is 1.20. The standard InChI is InChI=1S/C13H17BrN2O4/c1-20-5-3-2-4-15-13(19)16-11-7-9(12(17)18)6-10(14)8-11/h6-8H,2-5H2,1H3,(H,17,18)(H2,15,16,19). The highest BCUT2D eigenvalue weighted by atomic mass is 79.9. The Morgan fingerprint density at radius 1 is 1.30 bits per heavy atom. The average molecular weight is 345 g/mol. The van der Waals surface area contributed by atoms with Crippen LogP contribution in [0.1, 0.15) is 23.2 Å². The zero-order chi connectivity index (χ0) is 15.0. The smallest absolute Gasteiger partial charge is 0.335 e. The minimum Gasteiger partial charge on any atom is -0.478 e. The van der Waals surface area contributed by atoms with E-state index in [0.717, 1.165) is 12.8 Å². The van der Waals surface area contributed by atoms with Gasteiger partial charge in [0, 0.05) is 30.4 Å². The average Bonchev–Trinajstić information content (AvgIpc) is 2.37. The van der Waals surface area contributed by atoms with Gasteiger partial charge in [0.15, 0.2) is 0 Å². The van der Waals surface area contributed by atoms with Crippen LogP contribution in [-0.4, -0.2) is 37.4 Å². The zero-order valence-electron chi connectivity index (χ0n) is 11.1. The molecule has 0 unspecified atom stereocenters. The second kappa shape index (κ2) is 8.55. The first-order chi connectivity index (χ1) is 9.52. The fourth-order valence-electron chi connectivity index (χ4n) is 1.53. The van der Waals surface area contributed by atoms with Crippen molar-refractivity contribution in [3.8, 4) is 0 Å². The second-order valence-corrected chi connectivity index (χ2v) is 5.03. The number of methoxy groups -OCH3 is 1. The quantitative estimate of drug-likeness (QED) is 0.663. The number of unbranched alkanes of at least 4 members (excludes halogenated alkanes) is 1. The van der Waals surface area contributed by atoms with Gasteiger partial charge in [0.05, 0.1) is 5.56 Å². The molecule has 0 bridgehead atoms. The van der Waals surface area contributed by atoms with Gasteiger partial charge in [0.25, 0.3) is 0 Å². The van der Waals surface area contributed by atoms with E-state index in [9.17, 15) is 9.59 Å². The van der Waals surface area contributed by atoms with E-state index in [1.54, 1.807) is 13.2 Å². The van der Waals surface area contributed by atoms with Crippen molar-refractivity contribution in [1.29, 1.82) is 0 Å². The van der Waals surface area contributed by atoms with Crippen LogP contribution in [0.3, 0.4) is 0 Å². The molecule has 110 valence electrons. The van der Waals surface area contributed by atoms with Crippen molar-refractivity contribution in [3.63, 3.8) is 0 Å². The normalized spacial score (nSPS) is 10.1. The molecule has 7 heteroatoms. The third-order valence-corrected chi connectivity index (χ3v) is 2.92. The van der Waals surface area contributed by atoms with Gasteiger partial charge in [0.2, 0.25) is 0 Å². The maximum Gasteiger partial charge on any atom is 0.335 e. The van der Waals surface area contributed by atoms with Crippen molar-refractivity contribution < 1.29 is 19.4 Å². The van der Waals surface area contributed by atoms with Gasteiger partial charge in [-0.05, 0) is 31.0 Å². The molecular formula is C13H17BrN2O4. The molecule has 0 saturated heterocycles. The van der Waals surface area contributed by atoms with Crippen LogP contribution in [0.15, 0.2) is 22.7 Å². The number of carboxylic acid groups (broad SMARTS) is 1. The number of ether oxygens (including phenoxy) is 1. The van der Waals surface area contributed by atoms with E-state index >= 15 is 0 Å². The Morgan fingerprint density at radius 2 is 2.05 bits per heavy atom. The van der Waals surface area contributed by atoms with Gasteiger partial charge in [-0.3, -0.25) is 0 Å². The maximum absolute atomic E-state index is 11.6. The summed E-state index contributed by atoms with van der Waals surface area (Å²) in [5, 5.41) is 14.2.